The zero-order valence-electron chi connectivity index (χ0n) is 25.1. The lowest BCUT2D eigenvalue weighted by Gasteiger charge is -2.30. The Bertz CT molecular complexity index is 1950. The van der Waals surface area contributed by atoms with E-state index < -0.39 is 0 Å². The summed E-state index contributed by atoms with van der Waals surface area (Å²) in [4.78, 5) is 4.91. The van der Waals surface area contributed by atoms with Gasteiger partial charge in [-0.15, -0.1) is 0 Å². The molecule has 8 aromatic rings. The van der Waals surface area contributed by atoms with Crippen molar-refractivity contribution in [1.29, 1.82) is 0 Å². The number of benzene rings is 4. The molecular weight excluding hydrogens is 613 g/mol. The first-order valence-electron chi connectivity index (χ1n) is 15.0. The molecule has 2 nitrogen and oxygen atoms in total. The molecule has 6 heteroatoms. The van der Waals surface area contributed by atoms with Gasteiger partial charge in [0, 0.05) is 32.3 Å². The van der Waals surface area contributed by atoms with Gasteiger partial charge < -0.3 is 9.80 Å². The van der Waals surface area contributed by atoms with Crippen LogP contribution in [0.4, 0.5) is 34.1 Å². The van der Waals surface area contributed by atoms with Crippen LogP contribution in [0.25, 0.3) is 32.3 Å². The van der Waals surface area contributed by atoms with Crippen LogP contribution < -0.4 is 9.80 Å². The average molecular weight is 645 g/mol. The zero-order valence-corrected chi connectivity index (χ0v) is 28.3. The largest absolute Gasteiger partial charge is 0.308 e. The Labute approximate surface area is 274 Å². The first-order valence-corrected chi connectivity index (χ1v) is 18.8. The Morgan fingerprint density at radius 2 is 0.750 bits per heavy atom. The van der Waals surface area contributed by atoms with Gasteiger partial charge in [-0.25, -0.2) is 0 Å². The minimum Gasteiger partial charge on any atom is -0.308 e. The summed E-state index contributed by atoms with van der Waals surface area (Å²) in [5.74, 6) is 0.754. The van der Waals surface area contributed by atoms with Crippen molar-refractivity contribution in [2.75, 3.05) is 9.80 Å². The van der Waals surface area contributed by atoms with E-state index in [2.05, 4.69) is 141 Å². The summed E-state index contributed by atoms with van der Waals surface area (Å²) in [6, 6.07) is 23.4. The number of nitrogens with zero attached hydrogens (tertiary/aromatic N) is 2. The lowest BCUT2D eigenvalue weighted by Crippen LogP contribution is -2.11. The van der Waals surface area contributed by atoms with E-state index >= 15 is 0 Å². The van der Waals surface area contributed by atoms with E-state index in [1.807, 2.05) is 0 Å². The maximum absolute atomic E-state index is 2.46. The van der Waals surface area contributed by atoms with E-state index in [-0.39, 0.29) is 0 Å². The van der Waals surface area contributed by atoms with E-state index in [1.165, 1.54) is 77.6 Å². The predicted molar refractivity (Wildman–Crippen MR) is 199 cm³/mol. The second-order valence-electron chi connectivity index (χ2n) is 11.9. The Balaban J connectivity index is 1.53. The van der Waals surface area contributed by atoms with Crippen molar-refractivity contribution >= 4 is 112 Å². The summed E-state index contributed by atoms with van der Waals surface area (Å²) in [7, 11) is 0. The van der Waals surface area contributed by atoms with Crippen LogP contribution in [-0.2, 0) is 0 Å². The molecule has 0 unspecified atom stereocenters. The van der Waals surface area contributed by atoms with Gasteiger partial charge in [-0.3, -0.25) is 0 Å². The highest BCUT2D eigenvalue weighted by Crippen LogP contribution is 2.51. The normalized spacial score (nSPS) is 12.0. The quantitative estimate of drug-likeness (QED) is 0.152. The summed E-state index contributed by atoms with van der Waals surface area (Å²) >= 11 is 7.00. The summed E-state index contributed by atoms with van der Waals surface area (Å²) in [6.07, 6.45) is 0. The van der Waals surface area contributed by atoms with Crippen molar-refractivity contribution in [2.24, 2.45) is 0 Å². The maximum atomic E-state index is 2.46. The highest BCUT2D eigenvalue weighted by Gasteiger charge is 2.26. The highest BCUT2D eigenvalue weighted by atomic mass is 32.1. The van der Waals surface area contributed by atoms with E-state index in [1.54, 1.807) is 45.3 Å². The predicted octanol–water partition coefficient (Wildman–Crippen LogP) is 14.0. The zero-order chi connectivity index (χ0) is 29.9. The minimum absolute atomic E-state index is 0.377. The molecule has 0 aliphatic heterocycles. The molecule has 44 heavy (non-hydrogen) atoms. The van der Waals surface area contributed by atoms with Crippen molar-refractivity contribution in [3.63, 3.8) is 0 Å². The van der Waals surface area contributed by atoms with Gasteiger partial charge in [0.25, 0.3) is 0 Å². The van der Waals surface area contributed by atoms with Crippen molar-refractivity contribution in [2.45, 2.75) is 39.5 Å². The van der Waals surface area contributed by atoms with Gasteiger partial charge in [0.2, 0.25) is 0 Å². The monoisotopic (exact) mass is 644 g/mol. The van der Waals surface area contributed by atoms with Crippen molar-refractivity contribution in [3.8, 4) is 0 Å². The Morgan fingerprint density at radius 1 is 0.432 bits per heavy atom. The van der Waals surface area contributed by atoms with Crippen LogP contribution in [0, 0.1) is 0 Å². The van der Waals surface area contributed by atoms with Crippen molar-refractivity contribution in [1.82, 2.24) is 0 Å². The molecular formula is C38H32N2S4. The van der Waals surface area contributed by atoms with Crippen molar-refractivity contribution in [3.05, 3.63) is 115 Å². The van der Waals surface area contributed by atoms with Gasteiger partial charge >= 0.3 is 0 Å². The van der Waals surface area contributed by atoms with Gasteiger partial charge in [0.05, 0.1) is 34.1 Å². The number of rotatable bonds is 8. The van der Waals surface area contributed by atoms with Crippen LogP contribution in [0.5, 0.6) is 0 Å². The molecule has 0 aliphatic rings. The third-order valence-electron chi connectivity index (χ3n) is 8.70. The smallest absolute Gasteiger partial charge is 0.0569 e. The second-order valence-corrected chi connectivity index (χ2v) is 15.1. The fourth-order valence-corrected chi connectivity index (χ4v) is 9.21. The Hall–Kier alpha value is -3.68. The SMILES string of the molecule is CC(C)c1cc(N(c2ccsc2)c2ccsc2)c2ccc3c(C(C)C)cc(N(c4ccsc4)c4ccsc4)c4ccc1c2c34. The summed E-state index contributed by atoms with van der Waals surface area (Å²) in [5, 5.41) is 25.8. The van der Waals surface area contributed by atoms with Gasteiger partial charge in [-0.1, -0.05) is 52.0 Å². The van der Waals surface area contributed by atoms with Crippen molar-refractivity contribution < 1.29 is 0 Å². The lowest BCUT2D eigenvalue weighted by molar-refractivity contribution is 0.875. The standard InChI is InChI=1S/C38H32N2S4/c1-23(2)33-17-35(39(25-9-13-41-19-25)26-10-14-42-20-26)31-8-6-30-34(24(3)4)18-36(32-7-5-29(33)37(31)38(30)32)40(27-11-15-43-21-27)28-12-16-44-22-28/h5-24H,1-4H3. The van der Waals surface area contributed by atoms with E-state index in [4.69, 9.17) is 0 Å². The third-order valence-corrected chi connectivity index (χ3v) is 11.4. The Kier molecular flexibility index (Phi) is 6.98. The molecule has 4 heterocycles. The molecule has 0 atom stereocenters. The molecule has 0 bridgehead atoms. The summed E-state index contributed by atoms with van der Waals surface area (Å²) in [6.45, 7) is 9.31. The van der Waals surface area contributed by atoms with Crippen LogP contribution in [0.1, 0.15) is 50.7 Å². The Morgan fingerprint density at radius 3 is 1.02 bits per heavy atom. The molecule has 8 rings (SSSR count). The van der Waals surface area contributed by atoms with E-state index in [9.17, 15) is 0 Å². The molecule has 0 saturated heterocycles. The summed E-state index contributed by atoms with van der Waals surface area (Å²) < 4.78 is 0. The first-order chi connectivity index (χ1) is 21.5. The fourth-order valence-electron chi connectivity index (χ4n) is 6.73. The van der Waals surface area contributed by atoms with E-state index in [0.717, 1.165) is 0 Å². The number of anilines is 6. The lowest BCUT2D eigenvalue weighted by atomic mass is 9.84. The maximum Gasteiger partial charge on any atom is 0.0569 e. The number of hydrogen-bond donors (Lipinski definition) is 0. The molecule has 0 saturated carbocycles. The van der Waals surface area contributed by atoms with Gasteiger partial charge in [0.15, 0.2) is 0 Å². The van der Waals surface area contributed by atoms with Crippen LogP contribution in [0.3, 0.4) is 0 Å². The third kappa shape index (κ3) is 4.39. The topological polar surface area (TPSA) is 6.48 Å². The molecule has 4 aromatic carbocycles. The minimum atomic E-state index is 0.377. The molecule has 0 aliphatic carbocycles. The van der Waals surface area contributed by atoms with E-state index in [0.29, 0.717) is 11.8 Å². The molecule has 0 radical (unpaired) electrons. The van der Waals surface area contributed by atoms with Crippen LogP contribution >= 0.6 is 45.3 Å². The molecule has 4 aromatic heterocycles. The van der Waals surface area contributed by atoms with Crippen LogP contribution in [0.2, 0.25) is 0 Å². The van der Waals surface area contributed by atoms with Crippen LogP contribution in [-0.4, -0.2) is 0 Å². The first kappa shape index (κ1) is 27.8. The molecule has 218 valence electrons. The molecule has 0 N–H and O–H groups in total. The summed E-state index contributed by atoms with van der Waals surface area (Å²) in [5.41, 5.74) is 10.1. The molecule has 0 amide bonds. The fraction of sp³-hybridized carbons (Fsp3) is 0.158. The average Bonchev–Trinajstić information content (AvgIpc) is 3.86. The molecule has 0 spiro atoms. The van der Waals surface area contributed by atoms with Crippen LogP contribution in [0.15, 0.2) is 104 Å². The van der Waals surface area contributed by atoms with Gasteiger partial charge in [0.1, 0.15) is 0 Å². The number of hydrogen-bond acceptors (Lipinski definition) is 6. The van der Waals surface area contributed by atoms with Gasteiger partial charge in [-0.05, 0) is 102 Å². The van der Waals surface area contributed by atoms with Gasteiger partial charge in [-0.2, -0.15) is 45.3 Å². The highest BCUT2D eigenvalue weighted by molar-refractivity contribution is 7.09. The number of thiophene rings is 4. The second kappa shape index (κ2) is 11.0. The molecule has 0 fully saturated rings.